The minimum atomic E-state index is -3.56. The molecule has 150 valence electrons. The van der Waals surface area contributed by atoms with Crippen molar-refractivity contribution < 1.29 is 8.42 Å². The van der Waals surface area contributed by atoms with Gasteiger partial charge in [0.25, 0.3) is 0 Å². The number of halogens is 2. The van der Waals surface area contributed by atoms with Gasteiger partial charge < -0.3 is 4.90 Å². The van der Waals surface area contributed by atoms with E-state index in [-0.39, 0.29) is 4.90 Å². The predicted octanol–water partition coefficient (Wildman–Crippen LogP) is 3.96. The summed E-state index contributed by atoms with van der Waals surface area (Å²) >= 11 is 11.9. The lowest BCUT2D eigenvalue weighted by atomic mass is 10.1. The van der Waals surface area contributed by atoms with E-state index in [1.165, 1.54) is 10.4 Å². The van der Waals surface area contributed by atoms with Crippen LogP contribution >= 0.6 is 23.2 Å². The van der Waals surface area contributed by atoms with E-state index in [2.05, 4.69) is 10.2 Å². The van der Waals surface area contributed by atoms with Gasteiger partial charge in [0, 0.05) is 41.8 Å². The molecule has 0 spiro atoms. The molecule has 1 aromatic heterocycles. The van der Waals surface area contributed by atoms with Gasteiger partial charge in [-0.25, -0.2) is 8.42 Å². The smallest absolute Gasteiger partial charge is 0.243 e. The van der Waals surface area contributed by atoms with Crippen LogP contribution in [0.1, 0.15) is 0 Å². The van der Waals surface area contributed by atoms with Crippen molar-refractivity contribution in [2.24, 2.45) is 0 Å². The van der Waals surface area contributed by atoms with Crippen LogP contribution in [-0.4, -0.2) is 49.1 Å². The minimum Gasteiger partial charge on any atom is -0.352 e. The van der Waals surface area contributed by atoms with Crippen molar-refractivity contribution in [3.05, 3.63) is 70.7 Å². The Labute approximate surface area is 179 Å². The van der Waals surface area contributed by atoms with Crippen LogP contribution in [0, 0.1) is 0 Å². The van der Waals surface area contributed by atoms with Crippen LogP contribution < -0.4 is 4.90 Å². The van der Waals surface area contributed by atoms with Crippen molar-refractivity contribution in [2.75, 3.05) is 31.1 Å². The van der Waals surface area contributed by atoms with E-state index in [0.717, 1.165) is 17.1 Å². The normalized spacial score (nSPS) is 15.4. The third-order valence-corrected chi connectivity index (χ3v) is 7.17. The Balaban J connectivity index is 1.43. The Hall–Kier alpha value is -2.19. The number of nitrogens with zero attached hydrogens (tertiary/aromatic N) is 4. The molecule has 0 atom stereocenters. The molecule has 0 radical (unpaired) electrons. The van der Waals surface area contributed by atoms with Gasteiger partial charge in [0.1, 0.15) is 0 Å². The molecule has 0 saturated carbocycles. The second-order valence-electron chi connectivity index (χ2n) is 6.63. The Morgan fingerprint density at radius 1 is 0.793 bits per heavy atom. The maximum atomic E-state index is 12.8. The number of hydrogen-bond donors (Lipinski definition) is 0. The molecule has 0 N–H and O–H groups in total. The largest absolute Gasteiger partial charge is 0.352 e. The molecule has 2 aromatic carbocycles. The molecule has 0 unspecified atom stereocenters. The minimum absolute atomic E-state index is 0.213. The van der Waals surface area contributed by atoms with Gasteiger partial charge in [-0.15, -0.1) is 10.2 Å². The Morgan fingerprint density at radius 3 is 2.14 bits per heavy atom. The Kier molecular flexibility index (Phi) is 5.74. The molecule has 4 rings (SSSR count). The average molecular weight is 449 g/mol. The number of benzene rings is 2. The molecule has 0 bridgehead atoms. The lowest BCUT2D eigenvalue weighted by Crippen LogP contribution is -2.49. The summed E-state index contributed by atoms with van der Waals surface area (Å²) < 4.78 is 27.1. The molecule has 0 aliphatic carbocycles. The third kappa shape index (κ3) is 4.38. The van der Waals surface area contributed by atoms with Gasteiger partial charge in [0.2, 0.25) is 10.0 Å². The number of piperazine rings is 1. The maximum Gasteiger partial charge on any atom is 0.243 e. The molecular weight excluding hydrogens is 431 g/mol. The van der Waals surface area contributed by atoms with Gasteiger partial charge in [-0.05, 0) is 42.5 Å². The number of anilines is 1. The first-order chi connectivity index (χ1) is 13.9. The van der Waals surface area contributed by atoms with Crippen LogP contribution in [0.5, 0.6) is 0 Å². The second-order valence-corrected chi connectivity index (χ2v) is 9.44. The van der Waals surface area contributed by atoms with Crippen molar-refractivity contribution in [1.82, 2.24) is 14.5 Å². The molecule has 6 nitrogen and oxygen atoms in total. The molecule has 2 heterocycles. The van der Waals surface area contributed by atoms with Crippen molar-refractivity contribution in [3.63, 3.8) is 0 Å². The summed E-state index contributed by atoms with van der Waals surface area (Å²) in [5.74, 6) is 0.725. The lowest BCUT2D eigenvalue weighted by molar-refractivity contribution is 0.383. The van der Waals surface area contributed by atoms with Crippen LogP contribution in [0.15, 0.2) is 65.6 Å². The number of rotatable bonds is 4. The molecule has 1 saturated heterocycles. The summed E-state index contributed by atoms with van der Waals surface area (Å²) in [5.41, 5.74) is 1.69. The molecule has 9 heteroatoms. The first-order valence-corrected chi connectivity index (χ1v) is 11.2. The summed E-state index contributed by atoms with van der Waals surface area (Å²) in [6, 6.07) is 17.6. The molecule has 29 heavy (non-hydrogen) atoms. The highest BCUT2D eigenvalue weighted by molar-refractivity contribution is 7.89. The van der Waals surface area contributed by atoms with Crippen molar-refractivity contribution in [1.29, 1.82) is 0 Å². The fourth-order valence-corrected chi connectivity index (χ4v) is 5.05. The average Bonchev–Trinajstić information content (AvgIpc) is 2.74. The standard InChI is InChI=1S/C20H18Cl2N4O2S/c21-16-6-4-15(5-7-16)19-8-9-20(24-23-19)25-10-12-26(13-11-25)29(27,28)18-3-1-2-17(22)14-18/h1-9,14H,10-13H2. The van der Waals surface area contributed by atoms with Gasteiger partial charge in [-0.3, -0.25) is 0 Å². The van der Waals surface area contributed by atoms with Crippen LogP contribution in [0.25, 0.3) is 11.3 Å². The van der Waals surface area contributed by atoms with Crippen LogP contribution in [0.2, 0.25) is 10.0 Å². The summed E-state index contributed by atoms with van der Waals surface area (Å²) in [4.78, 5) is 2.24. The first-order valence-electron chi connectivity index (χ1n) is 9.04. The van der Waals surface area contributed by atoms with E-state index in [0.29, 0.717) is 36.2 Å². The van der Waals surface area contributed by atoms with Crippen molar-refractivity contribution in [2.45, 2.75) is 4.90 Å². The number of aromatic nitrogens is 2. The highest BCUT2D eigenvalue weighted by atomic mass is 35.5. The second kappa shape index (κ2) is 8.28. The van der Waals surface area contributed by atoms with Crippen molar-refractivity contribution in [3.8, 4) is 11.3 Å². The molecule has 1 aliphatic heterocycles. The fourth-order valence-electron chi connectivity index (χ4n) is 3.20. The lowest BCUT2D eigenvalue weighted by Gasteiger charge is -2.34. The van der Waals surface area contributed by atoms with Gasteiger partial charge in [0.15, 0.2) is 5.82 Å². The van der Waals surface area contributed by atoms with Gasteiger partial charge in [0.05, 0.1) is 10.6 Å². The Bertz CT molecular complexity index is 1100. The van der Waals surface area contributed by atoms with E-state index < -0.39 is 10.0 Å². The molecule has 3 aromatic rings. The molecule has 0 amide bonds. The summed E-state index contributed by atoms with van der Waals surface area (Å²) in [7, 11) is -3.56. The highest BCUT2D eigenvalue weighted by Gasteiger charge is 2.29. The topological polar surface area (TPSA) is 66.4 Å². The third-order valence-electron chi connectivity index (χ3n) is 4.79. The molecule has 1 fully saturated rings. The van der Waals surface area contributed by atoms with Gasteiger partial charge in [-0.2, -0.15) is 4.31 Å². The van der Waals surface area contributed by atoms with Gasteiger partial charge in [-0.1, -0.05) is 41.4 Å². The number of sulfonamides is 1. The fraction of sp³-hybridized carbons (Fsp3) is 0.200. The summed E-state index contributed by atoms with van der Waals surface area (Å²) in [5, 5.41) is 9.69. The zero-order valence-corrected chi connectivity index (χ0v) is 17.7. The van der Waals surface area contributed by atoms with E-state index >= 15 is 0 Å². The SMILES string of the molecule is O=S(=O)(c1cccc(Cl)c1)N1CCN(c2ccc(-c3ccc(Cl)cc3)nn2)CC1. The zero-order valence-electron chi connectivity index (χ0n) is 15.4. The van der Waals surface area contributed by atoms with Crippen LogP contribution in [-0.2, 0) is 10.0 Å². The Morgan fingerprint density at radius 2 is 1.52 bits per heavy atom. The quantitative estimate of drug-likeness (QED) is 0.603. The van der Waals surface area contributed by atoms with Crippen LogP contribution in [0.3, 0.4) is 0 Å². The highest BCUT2D eigenvalue weighted by Crippen LogP contribution is 2.24. The van der Waals surface area contributed by atoms with E-state index in [4.69, 9.17) is 23.2 Å². The molecule has 1 aliphatic rings. The first kappa shape index (κ1) is 20.1. The summed E-state index contributed by atoms with van der Waals surface area (Å²) in [6.07, 6.45) is 0. The summed E-state index contributed by atoms with van der Waals surface area (Å²) in [6.45, 7) is 1.81. The zero-order chi connectivity index (χ0) is 20.4. The van der Waals surface area contributed by atoms with Crippen molar-refractivity contribution >= 4 is 39.0 Å². The molecular formula is C20H18Cl2N4O2S. The van der Waals surface area contributed by atoms with E-state index in [9.17, 15) is 8.42 Å². The van der Waals surface area contributed by atoms with Crippen LogP contribution in [0.4, 0.5) is 5.82 Å². The van der Waals surface area contributed by atoms with Gasteiger partial charge >= 0.3 is 0 Å². The maximum absolute atomic E-state index is 12.8. The monoisotopic (exact) mass is 448 g/mol. The number of hydrogen-bond acceptors (Lipinski definition) is 5. The van der Waals surface area contributed by atoms with E-state index in [1.807, 2.05) is 41.3 Å². The van der Waals surface area contributed by atoms with E-state index in [1.54, 1.807) is 18.2 Å². The predicted molar refractivity (Wildman–Crippen MR) is 115 cm³/mol.